The molecule has 3 nitrogen and oxygen atoms in total. The van der Waals surface area contributed by atoms with E-state index in [0.717, 1.165) is 12.5 Å². The number of halogens is 3. The molecule has 0 heterocycles. The van der Waals surface area contributed by atoms with Gasteiger partial charge < -0.3 is 10.2 Å². The second-order valence-corrected chi connectivity index (χ2v) is 6.06. The van der Waals surface area contributed by atoms with Gasteiger partial charge in [0.15, 0.2) is 0 Å². The molecule has 0 saturated heterocycles. The summed E-state index contributed by atoms with van der Waals surface area (Å²) in [6.07, 6.45) is -3.77. The maximum Gasteiger partial charge on any atom is 0.417 e. The van der Waals surface area contributed by atoms with Crippen LogP contribution in [-0.4, -0.2) is 31.6 Å². The lowest BCUT2D eigenvalue weighted by molar-refractivity contribution is -0.137. The van der Waals surface area contributed by atoms with E-state index in [1.807, 2.05) is 49.3 Å². The van der Waals surface area contributed by atoms with Crippen LogP contribution in [0.2, 0.25) is 0 Å². The summed E-state index contributed by atoms with van der Waals surface area (Å²) in [4.78, 5) is 2.04. The molecule has 1 N–H and O–H groups in total. The van der Waals surface area contributed by atoms with Crippen LogP contribution in [0, 0.1) is 11.3 Å². The van der Waals surface area contributed by atoms with E-state index in [4.69, 9.17) is 5.26 Å². The van der Waals surface area contributed by atoms with Crippen molar-refractivity contribution < 1.29 is 13.2 Å². The summed E-state index contributed by atoms with van der Waals surface area (Å²) in [7, 11) is 3.88. The van der Waals surface area contributed by atoms with Crippen molar-refractivity contribution in [2.75, 3.05) is 26.0 Å². The summed E-state index contributed by atoms with van der Waals surface area (Å²) in [6, 6.07) is 15.3. The zero-order valence-electron chi connectivity index (χ0n) is 14.1. The molecule has 132 valence electrons. The molecule has 0 fully saturated rings. The average molecular weight is 347 g/mol. The Morgan fingerprint density at radius 3 is 2.36 bits per heavy atom. The van der Waals surface area contributed by atoms with Gasteiger partial charge in [-0.1, -0.05) is 30.3 Å². The van der Waals surface area contributed by atoms with E-state index >= 15 is 0 Å². The number of nitrogens with one attached hydrogen (secondary N) is 1. The number of anilines is 1. The van der Waals surface area contributed by atoms with E-state index in [1.165, 1.54) is 17.7 Å². The predicted molar refractivity (Wildman–Crippen MR) is 92.3 cm³/mol. The number of hydrogen-bond acceptors (Lipinski definition) is 3. The summed E-state index contributed by atoms with van der Waals surface area (Å²) in [5.74, 6) is 0. The van der Waals surface area contributed by atoms with E-state index in [0.29, 0.717) is 12.2 Å². The molecule has 2 aromatic carbocycles. The van der Waals surface area contributed by atoms with Crippen LogP contribution in [0.1, 0.15) is 16.7 Å². The zero-order valence-corrected chi connectivity index (χ0v) is 14.1. The number of alkyl halides is 3. The first-order valence-electron chi connectivity index (χ1n) is 7.87. The van der Waals surface area contributed by atoms with Crippen molar-refractivity contribution in [1.29, 1.82) is 5.26 Å². The molecule has 25 heavy (non-hydrogen) atoms. The highest BCUT2D eigenvalue weighted by Crippen LogP contribution is 2.33. The lowest BCUT2D eigenvalue weighted by Gasteiger charge is -2.25. The van der Waals surface area contributed by atoms with Crippen molar-refractivity contribution in [3.63, 3.8) is 0 Å². The van der Waals surface area contributed by atoms with Gasteiger partial charge in [0.2, 0.25) is 0 Å². The highest BCUT2D eigenvalue weighted by Gasteiger charge is 2.33. The molecule has 0 spiro atoms. The first-order chi connectivity index (χ1) is 11.8. The van der Waals surface area contributed by atoms with Crippen molar-refractivity contribution in [3.8, 4) is 6.07 Å². The van der Waals surface area contributed by atoms with Crippen LogP contribution < -0.4 is 5.32 Å². The van der Waals surface area contributed by atoms with Crippen LogP contribution in [-0.2, 0) is 12.6 Å². The largest absolute Gasteiger partial charge is 0.417 e. The molecule has 1 atom stereocenters. The number of nitriles is 1. The molecule has 0 saturated carbocycles. The first-order valence-corrected chi connectivity index (χ1v) is 7.87. The third-order valence-electron chi connectivity index (χ3n) is 4.03. The molecule has 0 aromatic heterocycles. The Morgan fingerprint density at radius 1 is 1.12 bits per heavy atom. The van der Waals surface area contributed by atoms with Crippen LogP contribution in [0.25, 0.3) is 0 Å². The van der Waals surface area contributed by atoms with Crippen molar-refractivity contribution in [3.05, 3.63) is 65.2 Å². The van der Waals surface area contributed by atoms with E-state index in [1.54, 1.807) is 6.07 Å². The Morgan fingerprint density at radius 2 is 1.80 bits per heavy atom. The van der Waals surface area contributed by atoms with Crippen molar-refractivity contribution in [2.45, 2.75) is 18.6 Å². The smallest absolute Gasteiger partial charge is 0.383 e. The first kappa shape index (κ1) is 18.8. The highest BCUT2D eigenvalue weighted by atomic mass is 19.4. The number of likely N-dealkylation sites (N-methyl/N-ethyl adjacent to an activating group) is 1. The SMILES string of the molecule is CN(C)C(CNc1ccc(C#N)c(C(F)(F)F)c1)Cc1ccccc1. The van der Waals surface area contributed by atoms with Crippen molar-refractivity contribution in [1.82, 2.24) is 4.90 Å². The predicted octanol–water partition coefficient (Wildman–Crippen LogP) is 4.16. The zero-order chi connectivity index (χ0) is 18.4. The Bertz CT molecular complexity index is 734. The third-order valence-corrected chi connectivity index (χ3v) is 4.03. The molecule has 0 radical (unpaired) electrons. The fourth-order valence-electron chi connectivity index (χ4n) is 2.55. The van der Waals surface area contributed by atoms with E-state index in [2.05, 4.69) is 5.32 Å². The van der Waals surface area contributed by atoms with Crippen LogP contribution >= 0.6 is 0 Å². The Hall–Kier alpha value is -2.52. The van der Waals surface area contributed by atoms with Gasteiger partial charge in [0.05, 0.1) is 17.2 Å². The summed E-state index contributed by atoms with van der Waals surface area (Å²) >= 11 is 0. The Labute approximate surface area is 145 Å². The second-order valence-electron chi connectivity index (χ2n) is 6.06. The minimum Gasteiger partial charge on any atom is -0.383 e. The van der Waals surface area contributed by atoms with Crippen molar-refractivity contribution in [2.24, 2.45) is 0 Å². The summed E-state index contributed by atoms with van der Waals surface area (Å²) in [6.45, 7) is 0.491. The molecule has 2 aromatic rings. The van der Waals surface area contributed by atoms with Crippen molar-refractivity contribution >= 4 is 5.69 Å². The van der Waals surface area contributed by atoms with Gasteiger partial charge in [-0.2, -0.15) is 18.4 Å². The highest BCUT2D eigenvalue weighted by molar-refractivity contribution is 5.53. The number of nitrogens with zero attached hydrogens (tertiary/aromatic N) is 2. The molecular weight excluding hydrogens is 327 g/mol. The summed E-state index contributed by atoms with van der Waals surface area (Å²) in [5.41, 5.74) is 0.237. The minimum absolute atomic E-state index is 0.118. The van der Waals surface area contributed by atoms with Gasteiger partial charge in [0.1, 0.15) is 0 Å². The fourth-order valence-corrected chi connectivity index (χ4v) is 2.55. The summed E-state index contributed by atoms with van der Waals surface area (Å²) < 4.78 is 39.1. The van der Waals surface area contributed by atoms with Gasteiger partial charge >= 0.3 is 6.18 Å². The van der Waals surface area contributed by atoms with E-state index < -0.39 is 11.7 Å². The normalized spacial score (nSPS) is 12.7. The van der Waals surface area contributed by atoms with Gasteiger partial charge in [-0.3, -0.25) is 0 Å². The van der Waals surface area contributed by atoms with E-state index in [-0.39, 0.29) is 11.6 Å². The topological polar surface area (TPSA) is 39.1 Å². The minimum atomic E-state index is -4.55. The van der Waals surface area contributed by atoms with Crippen LogP contribution in [0.15, 0.2) is 48.5 Å². The number of benzene rings is 2. The molecule has 0 amide bonds. The van der Waals surface area contributed by atoms with Crippen LogP contribution in [0.3, 0.4) is 0 Å². The lowest BCUT2D eigenvalue weighted by atomic mass is 10.0. The molecule has 2 rings (SSSR count). The maximum absolute atomic E-state index is 13.0. The van der Waals surface area contributed by atoms with Gasteiger partial charge in [-0.15, -0.1) is 0 Å². The van der Waals surface area contributed by atoms with Gasteiger partial charge in [-0.05, 0) is 44.3 Å². The number of rotatable bonds is 6. The fraction of sp³-hybridized carbons (Fsp3) is 0.316. The van der Waals surface area contributed by atoms with Gasteiger partial charge in [0.25, 0.3) is 0 Å². The van der Waals surface area contributed by atoms with Gasteiger partial charge in [-0.25, -0.2) is 0 Å². The van der Waals surface area contributed by atoms with Crippen LogP contribution in [0.5, 0.6) is 0 Å². The molecule has 0 bridgehead atoms. The molecule has 0 aliphatic heterocycles. The molecular formula is C19H20F3N3. The average Bonchev–Trinajstić information content (AvgIpc) is 2.58. The standard InChI is InChI=1S/C19H20F3N3/c1-25(2)17(10-14-6-4-3-5-7-14)13-24-16-9-8-15(12-23)18(11-16)19(20,21)22/h3-9,11,17,24H,10,13H2,1-2H3. The monoisotopic (exact) mass is 347 g/mol. The second kappa shape index (κ2) is 8.04. The Kier molecular flexibility index (Phi) is 6.05. The van der Waals surface area contributed by atoms with Crippen LogP contribution in [0.4, 0.5) is 18.9 Å². The molecule has 1 unspecified atom stereocenters. The summed E-state index contributed by atoms with van der Waals surface area (Å²) in [5, 5.41) is 11.9. The lowest BCUT2D eigenvalue weighted by Crippen LogP contribution is -2.36. The van der Waals surface area contributed by atoms with E-state index in [9.17, 15) is 13.2 Å². The maximum atomic E-state index is 13.0. The third kappa shape index (κ3) is 5.23. The number of hydrogen-bond donors (Lipinski definition) is 1. The quantitative estimate of drug-likeness (QED) is 0.853. The Balaban J connectivity index is 2.11. The molecule has 0 aliphatic carbocycles. The molecule has 0 aliphatic rings. The van der Waals surface area contributed by atoms with Gasteiger partial charge in [0, 0.05) is 18.3 Å². The molecule has 6 heteroatoms.